The van der Waals surface area contributed by atoms with Crippen LogP contribution >= 0.6 is 0 Å². The molecule has 24 heavy (non-hydrogen) atoms. The SMILES string of the molecule is COc1ccccc1-c1ccc(C(C)NCCOCC(F)F)cc1. The fraction of sp³-hybridized carbons (Fsp3) is 0.368. The van der Waals surface area contributed by atoms with Crippen LogP contribution < -0.4 is 10.1 Å². The van der Waals surface area contributed by atoms with E-state index in [1.165, 1.54) is 0 Å². The summed E-state index contributed by atoms with van der Waals surface area (Å²) in [5.74, 6) is 0.840. The van der Waals surface area contributed by atoms with Crippen LogP contribution in [0.5, 0.6) is 5.75 Å². The summed E-state index contributed by atoms with van der Waals surface area (Å²) in [4.78, 5) is 0. The van der Waals surface area contributed by atoms with E-state index < -0.39 is 13.0 Å². The van der Waals surface area contributed by atoms with Crippen LogP contribution in [-0.2, 0) is 4.74 Å². The summed E-state index contributed by atoms with van der Waals surface area (Å²) < 4.78 is 34.2. The van der Waals surface area contributed by atoms with Crippen LogP contribution in [0.15, 0.2) is 48.5 Å². The molecule has 2 aromatic rings. The molecule has 1 N–H and O–H groups in total. The van der Waals surface area contributed by atoms with Crippen LogP contribution in [0.25, 0.3) is 11.1 Å². The topological polar surface area (TPSA) is 30.5 Å². The number of methoxy groups -OCH3 is 1. The van der Waals surface area contributed by atoms with Crippen LogP contribution in [-0.4, -0.2) is 33.3 Å². The molecule has 1 atom stereocenters. The second-order valence-electron chi connectivity index (χ2n) is 5.46. The lowest BCUT2D eigenvalue weighted by molar-refractivity contribution is 0.0183. The highest BCUT2D eigenvalue weighted by Gasteiger charge is 2.08. The Morgan fingerprint density at radius 2 is 1.75 bits per heavy atom. The van der Waals surface area contributed by atoms with Crippen molar-refractivity contribution in [3.05, 3.63) is 54.1 Å². The molecule has 0 fully saturated rings. The van der Waals surface area contributed by atoms with Gasteiger partial charge in [-0.1, -0.05) is 42.5 Å². The highest BCUT2D eigenvalue weighted by atomic mass is 19.3. The van der Waals surface area contributed by atoms with E-state index in [0.717, 1.165) is 22.4 Å². The van der Waals surface area contributed by atoms with Gasteiger partial charge < -0.3 is 14.8 Å². The lowest BCUT2D eigenvalue weighted by Crippen LogP contribution is -2.24. The number of rotatable bonds is 9. The smallest absolute Gasteiger partial charge is 0.261 e. The van der Waals surface area contributed by atoms with Crippen molar-refractivity contribution in [2.45, 2.75) is 19.4 Å². The zero-order valence-electron chi connectivity index (χ0n) is 14.0. The Bertz CT molecular complexity index is 617. The summed E-state index contributed by atoms with van der Waals surface area (Å²) in [6.45, 7) is 2.32. The van der Waals surface area contributed by atoms with Crippen molar-refractivity contribution in [1.29, 1.82) is 0 Å². The first-order chi connectivity index (χ1) is 11.6. The predicted octanol–water partition coefficient (Wildman–Crippen LogP) is 4.29. The molecule has 0 aliphatic carbocycles. The van der Waals surface area contributed by atoms with E-state index >= 15 is 0 Å². The van der Waals surface area contributed by atoms with Gasteiger partial charge in [0.05, 0.1) is 13.7 Å². The maximum absolute atomic E-state index is 12.0. The molecule has 2 rings (SSSR count). The largest absolute Gasteiger partial charge is 0.496 e. The maximum atomic E-state index is 12.0. The Balaban J connectivity index is 1.91. The average molecular weight is 335 g/mol. The average Bonchev–Trinajstić information content (AvgIpc) is 2.61. The number of hydrogen-bond donors (Lipinski definition) is 1. The van der Waals surface area contributed by atoms with E-state index in [-0.39, 0.29) is 12.6 Å². The van der Waals surface area contributed by atoms with E-state index in [0.29, 0.717) is 6.54 Å². The zero-order chi connectivity index (χ0) is 17.4. The van der Waals surface area contributed by atoms with E-state index in [2.05, 4.69) is 29.6 Å². The fourth-order valence-electron chi connectivity index (χ4n) is 2.47. The van der Waals surface area contributed by atoms with Crippen molar-refractivity contribution in [2.75, 3.05) is 26.9 Å². The van der Waals surface area contributed by atoms with Gasteiger partial charge in [0, 0.05) is 18.2 Å². The maximum Gasteiger partial charge on any atom is 0.261 e. The van der Waals surface area contributed by atoms with E-state index in [1.807, 2.05) is 31.2 Å². The number of halogens is 2. The first-order valence-corrected chi connectivity index (χ1v) is 7.94. The molecule has 0 heterocycles. The molecular formula is C19H23F2NO2. The Morgan fingerprint density at radius 1 is 1.04 bits per heavy atom. The number of ether oxygens (including phenoxy) is 2. The van der Waals surface area contributed by atoms with Crippen molar-refractivity contribution in [2.24, 2.45) is 0 Å². The number of benzene rings is 2. The molecule has 0 aliphatic heterocycles. The molecular weight excluding hydrogens is 312 g/mol. The van der Waals surface area contributed by atoms with Gasteiger partial charge in [0.25, 0.3) is 6.43 Å². The molecule has 0 saturated carbocycles. The minimum atomic E-state index is -2.41. The second kappa shape index (κ2) is 9.35. The van der Waals surface area contributed by atoms with Crippen molar-refractivity contribution in [1.82, 2.24) is 5.32 Å². The third-order valence-electron chi connectivity index (χ3n) is 3.77. The van der Waals surface area contributed by atoms with Crippen LogP contribution in [0, 0.1) is 0 Å². The fourth-order valence-corrected chi connectivity index (χ4v) is 2.47. The molecule has 0 aromatic heterocycles. The molecule has 0 spiro atoms. The van der Waals surface area contributed by atoms with Gasteiger partial charge in [-0.2, -0.15) is 0 Å². The molecule has 2 aromatic carbocycles. The van der Waals surface area contributed by atoms with Gasteiger partial charge >= 0.3 is 0 Å². The number of hydrogen-bond acceptors (Lipinski definition) is 3. The monoisotopic (exact) mass is 335 g/mol. The van der Waals surface area contributed by atoms with E-state index in [9.17, 15) is 8.78 Å². The third kappa shape index (κ3) is 5.28. The minimum absolute atomic E-state index is 0.117. The summed E-state index contributed by atoms with van der Waals surface area (Å²) >= 11 is 0. The highest BCUT2D eigenvalue weighted by molar-refractivity contribution is 5.70. The van der Waals surface area contributed by atoms with Crippen molar-refractivity contribution in [3.63, 3.8) is 0 Å². The third-order valence-corrected chi connectivity index (χ3v) is 3.77. The molecule has 0 bridgehead atoms. The second-order valence-corrected chi connectivity index (χ2v) is 5.46. The molecule has 5 heteroatoms. The number of alkyl halides is 2. The lowest BCUT2D eigenvalue weighted by Gasteiger charge is -2.15. The standard InChI is InChI=1S/C19H23F2NO2/c1-14(22-11-12-24-13-19(20)21)15-7-9-16(10-8-15)17-5-3-4-6-18(17)23-2/h3-10,14,19,22H,11-13H2,1-2H3. The molecule has 0 radical (unpaired) electrons. The highest BCUT2D eigenvalue weighted by Crippen LogP contribution is 2.30. The summed E-state index contributed by atoms with van der Waals surface area (Å²) in [6, 6.07) is 16.2. The number of nitrogens with one attached hydrogen (secondary N) is 1. The summed E-state index contributed by atoms with van der Waals surface area (Å²) in [5.41, 5.74) is 3.26. The Hall–Kier alpha value is -1.98. The summed E-state index contributed by atoms with van der Waals surface area (Å²) in [5, 5.41) is 3.26. The van der Waals surface area contributed by atoms with Crippen LogP contribution in [0.2, 0.25) is 0 Å². The van der Waals surface area contributed by atoms with Gasteiger partial charge in [-0.3, -0.25) is 0 Å². The lowest BCUT2D eigenvalue weighted by atomic mass is 10.0. The molecule has 0 amide bonds. The minimum Gasteiger partial charge on any atom is -0.496 e. The van der Waals surface area contributed by atoms with Gasteiger partial charge in [0.1, 0.15) is 12.4 Å². The van der Waals surface area contributed by atoms with Crippen LogP contribution in [0.4, 0.5) is 8.78 Å². The zero-order valence-corrected chi connectivity index (χ0v) is 14.0. The van der Waals surface area contributed by atoms with Crippen molar-refractivity contribution in [3.8, 4) is 16.9 Å². The molecule has 130 valence electrons. The molecule has 0 aliphatic rings. The Labute approximate surface area is 141 Å². The molecule has 1 unspecified atom stereocenters. The van der Waals surface area contributed by atoms with E-state index in [4.69, 9.17) is 9.47 Å². The Kier molecular flexibility index (Phi) is 7.15. The number of para-hydroxylation sites is 1. The first-order valence-electron chi connectivity index (χ1n) is 7.94. The van der Waals surface area contributed by atoms with Gasteiger partial charge in [-0.15, -0.1) is 0 Å². The summed E-state index contributed by atoms with van der Waals surface area (Å²) in [7, 11) is 1.66. The van der Waals surface area contributed by atoms with Crippen LogP contribution in [0.3, 0.4) is 0 Å². The Morgan fingerprint density at radius 3 is 2.42 bits per heavy atom. The van der Waals surface area contributed by atoms with Gasteiger partial charge in [0.2, 0.25) is 0 Å². The summed E-state index contributed by atoms with van der Waals surface area (Å²) in [6.07, 6.45) is -2.41. The van der Waals surface area contributed by atoms with Gasteiger partial charge in [0.15, 0.2) is 0 Å². The normalized spacial score (nSPS) is 12.4. The molecule has 0 saturated heterocycles. The van der Waals surface area contributed by atoms with Gasteiger partial charge in [-0.05, 0) is 24.1 Å². The first kappa shape index (κ1) is 18.4. The predicted molar refractivity (Wildman–Crippen MR) is 91.7 cm³/mol. The van der Waals surface area contributed by atoms with Crippen LogP contribution in [0.1, 0.15) is 18.5 Å². The van der Waals surface area contributed by atoms with E-state index in [1.54, 1.807) is 7.11 Å². The molecule has 3 nitrogen and oxygen atoms in total. The van der Waals surface area contributed by atoms with Crippen molar-refractivity contribution < 1.29 is 18.3 Å². The van der Waals surface area contributed by atoms with Crippen molar-refractivity contribution >= 4 is 0 Å². The quantitative estimate of drug-likeness (QED) is 0.693. The van der Waals surface area contributed by atoms with Gasteiger partial charge in [-0.25, -0.2) is 8.78 Å².